The van der Waals surface area contributed by atoms with Crippen LogP contribution in [0.25, 0.3) is 22.4 Å². The Kier molecular flexibility index (Phi) is 5.31. The van der Waals surface area contributed by atoms with E-state index in [0.717, 1.165) is 5.56 Å². The Morgan fingerprint density at radius 3 is 2.44 bits per heavy atom. The zero-order valence-electron chi connectivity index (χ0n) is 14.0. The predicted molar refractivity (Wildman–Crippen MR) is 102 cm³/mol. The van der Waals surface area contributed by atoms with Crippen LogP contribution >= 0.6 is 11.6 Å². The van der Waals surface area contributed by atoms with Crippen molar-refractivity contribution >= 4 is 27.6 Å². The fourth-order valence-electron chi connectivity index (χ4n) is 2.82. The number of primary sulfonamides is 1. The summed E-state index contributed by atoms with van der Waals surface area (Å²) in [5, 5.41) is 22.1. The van der Waals surface area contributed by atoms with Gasteiger partial charge in [0.1, 0.15) is 0 Å². The maximum Gasteiger partial charge on any atom is 0.303 e. The summed E-state index contributed by atoms with van der Waals surface area (Å²) in [6.07, 6.45) is -0.0108. The number of nitrogens with two attached hydrogens (primary N) is 1. The van der Waals surface area contributed by atoms with E-state index in [2.05, 4.69) is 10.2 Å². The SMILES string of the molecule is NS(=O)(=O)c1ccccc1-c1c(CCC(=O)O)n[nH]c1-c1ccc(Cl)cc1. The number of H-pyrrole nitrogens is 1. The Morgan fingerprint density at radius 1 is 1.15 bits per heavy atom. The normalized spacial score (nSPS) is 11.5. The van der Waals surface area contributed by atoms with Gasteiger partial charge in [-0.3, -0.25) is 9.89 Å². The number of nitrogens with one attached hydrogen (secondary N) is 1. The largest absolute Gasteiger partial charge is 0.481 e. The van der Waals surface area contributed by atoms with Crippen molar-refractivity contribution in [1.82, 2.24) is 10.2 Å². The molecular formula is C18H16ClN3O4S. The molecule has 3 rings (SSSR count). The van der Waals surface area contributed by atoms with E-state index in [-0.39, 0.29) is 17.7 Å². The van der Waals surface area contributed by atoms with Gasteiger partial charge in [-0.1, -0.05) is 41.9 Å². The van der Waals surface area contributed by atoms with Crippen molar-refractivity contribution in [1.29, 1.82) is 0 Å². The summed E-state index contributed by atoms with van der Waals surface area (Å²) in [4.78, 5) is 10.9. The number of aromatic amines is 1. The van der Waals surface area contributed by atoms with Crippen molar-refractivity contribution in [2.24, 2.45) is 5.14 Å². The molecule has 0 unspecified atom stereocenters. The second kappa shape index (κ2) is 7.51. The Bertz CT molecular complexity index is 1090. The summed E-state index contributed by atoms with van der Waals surface area (Å²) in [6.45, 7) is 0. The number of halogens is 1. The summed E-state index contributed by atoms with van der Waals surface area (Å²) < 4.78 is 24.1. The number of benzene rings is 2. The van der Waals surface area contributed by atoms with Gasteiger partial charge in [-0.15, -0.1) is 0 Å². The number of nitrogens with zero attached hydrogens (tertiary/aromatic N) is 1. The number of aliphatic carboxylic acids is 1. The lowest BCUT2D eigenvalue weighted by Crippen LogP contribution is -2.13. The lowest BCUT2D eigenvalue weighted by molar-refractivity contribution is -0.136. The topological polar surface area (TPSA) is 126 Å². The zero-order chi connectivity index (χ0) is 19.6. The summed E-state index contributed by atoms with van der Waals surface area (Å²) in [6, 6.07) is 13.2. The number of rotatable bonds is 6. The Morgan fingerprint density at radius 2 is 1.81 bits per heavy atom. The number of aromatic nitrogens is 2. The number of aryl methyl sites for hydroxylation is 1. The van der Waals surface area contributed by atoms with E-state index in [4.69, 9.17) is 21.8 Å². The average molecular weight is 406 g/mol. The molecule has 4 N–H and O–H groups in total. The van der Waals surface area contributed by atoms with E-state index in [1.165, 1.54) is 6.07 Å². The minimum absolute atomic E-state index is 0.0572. The minimum Gasteiger partial charge on any atom is -0.481 e. The molecule has 0 fully saturated rings. The molecule has 0 aliphatic rings. The molecule has 140 valence electrons. The van der Waals surface area contributed by atoms with Crippen LogP contribution in [0.15, 0.2) is 53.4 Å². The third-order valence-corrected chi connectivity index (χ3v) is 5.23. The first-order chi connectivity index (χ1) is 12.8. The van der Waals surface area contributed by atoms with Gasteiger partial charge in [-0.05, 0) is 18.2 Å². The van der Waals surface area contributed by atoms with E-state index in [9.17, 15) is 13.2 Å². The van der Waals surface area contributed by atoms with Crippen LogP contribution in [0.4, 0.5) is 0 Å². The second-order valence-electron chi connectivity index (χ2n) is 5.86. The van der Waals surface area contributed by atoms with Gasteiger partial charge >= 0.3 is 5.97 Å². The monoisotopic (exact) mass is 405 g/mol. The van der Waals surface area contributed by atoms with Crippen molar-refractivity contribution in [3.63, 3.8) is 0 Å². The molecule has 0 saturated heterocycles. The molecular weight excluding hydrogens is 390 g/mol. The van der Waals surface area contributed by atoms with Crippen LogP contribution in [0.2, 0.25) is 5.02 Å². The van der Waals surface area contributed by atoms with Gasteiger partial charge in [0.25, 0.3) is 0 Å². The molecule has 9 heteroatoms. The number of hydrogen-bond donors (Lipinski definition) is 3. The second-order valence-corrected chi connectivity index (χ2v) is 7.83. The highest BCUT2D eigenvalue weighted by atomic mass is 35.5. The molecule has 0 spiro atoms. The fourth-order valence-corrected chi connectivity index (χ4v) is 3.69. The third-order valence-electron chi connectivity index (χ3n) is 4.01. The Hall–Kier alpha value is -2.68. The van der Waals surface area contributed by atoms with Gasteiger partial charge in [0, 0.05) is 28.1 Å². The molecule has 2 aromatic carbocycles. The average Bonchev–Trinajstić information content (AvgIpc) is 3.03. The quantitative estimate of drug-likeness (QED) is 0.580. The summed E-state index contributed by atoms with van der Waals surface area (Å²) in [7, 11) is -3.99. The van der Waals surface area contributed by atoms with Gasteiger partial charge in [0.2, 0.25) is 10.0 Å². The summed E-state index contributed by atoms with van der Waals surface area (Å²) in [5.74, 6) is -0.975. The van der Waals surface area contributed by atoms with E-state index in [1.807, 2.05) is 0 Å². The highest BCUT2D eigenvalue weighted by Crippen LogP contribution is 2.37. The van der Waals surface area contributed by atoms with Crippen LogP contribution in [0, 0.1) is 0 Å². The lowest BCUT2D eigenvalue weighted by atomic mass is 9.97. The summed E-state index contributed by atoms with van der Waals surface area (Å²) >= 11 is 5.94. The van der Waals surface area contributed by atoms with Gasteiger partial charge in [0.15, 0.2) is 0 Å². The molecule has 3 aromatic rings. The molecule has 0 aliphatic heterocycles. The predicted octanol–water partition coefficient (Wildman–Crippen LogP) is 3.06. The maximum absolute atomic E-state index is 12.1. The summed E-state index contributed by atoms with van der Waals surface area (Å²) in [5.41, 5.74) is 2.59. The van der Waals surface area contributed by atoms with Crippen molar-refractivity contribution in [3.8, 4) is 22.4 Å². The minimum atomic E-state index is -3.99. The van der Waals surface area contributed by atoms with Crippen molar-refractivity contribution in [2.45, 2.75) is 17.7 Å². The zero-order valence-corrected chi connectivity index (χ0v) is 15.6. The molecule has 7 nitrogen and oxygen atoms in total. The van der Waals surface area contributed by atoms with Gasteiger partial charge in [-0.2, -0.15) is 5.10 Å². The van der Waals surface area contributed by atoms with Crippen LogP contribution in [0.3, 0.4) is 0 Å². The van der Waals surface area contributed by atoms with Gasteiger partial charge in [-0.25, -0.2) is 13.6 Å². The molecule has 0 bridgehead atoms. The molecule has 27 heavy (non-hydrogen) atoms. The molecule has 0 saturated carbocycles. The molecule has 0 aliphatic carbocycles. The number of carboxylic acid groups (broad SMARTS) is 1. The van der Waals surface area contributed by atoms with Gasteiger partial charge < -0.3 is 5.11 Å². The van der Waals surface area contributed by atoms with E-state index in [0.29, 0.717) is 27.5 Å². The van der Waals surface area contributed by atoms with Gasteiger partial charge in [0.05, 0.1) is 22.7 Å². The van der Waals surface area contributed by atoms with Crippen molar-refractivity contribution in [2.75, 3.05) is 0 Å². The van der Waals surface area contributed by atoms with Crippen LogP contribution in [0.1, 0.15) is 12.1 Å². The molecule has 0 radical (unpaired) electrons. The van der Waals surface area contributed by atoms with Crippen LogP contribution in [0.5, 0.6) is 0 Å². The third kappa shape index (κ3) is 4.19. The molecule has 0 amide bonds. The van der Waals surface area contributed by atoms with Crippen LogP contribution in [-0.2, 0) is 21.2 Å². The van der Waals surface area contributed by atoms with Crippen LogP contribution in [-0.4, -0.2) is 29.7 Å². The van der Waals surface area contributed by atoms with Crippen molar-refractivity contribution in [3.05, 3.63) is 59.2 Å². The van der Waals surface area contributed by atoms with E-state index < -0.39 is 16.0 Å². The Balaban J connectivity index is 2.25. The number of carboxylic acids is 1. The maximum atomic E-state index is 12.1. The highest BCUT2D eigenvalue weighted by Gasteiger charge is 2.23. The number of hydrogen-bond acceptors (Lipinski definition) is 4. The molecule has 1 heterocycles. The highest BCUT2D eigenvalue weighted by molar-refractivity contribution is 7.89. The van der Waals surface area contributed by atoms with Crippen molar-refractivity contribution < 1.29 is 18.3 Å². The lowest BCUT2D eigenvalue weighted by Gasteiger charge is -2.11. The first-order valence-corrected chi connectivity index (χ1v) is 9.87. The smallest absolute Gasteiger partial charge is 0.303 e. The Labute approximate surface area is 160 Å². The van der Waals surface area contributed by atoms with Crippen LogP contribution < -0.4 is 5.14 Å². The number of carbonyl (C=O) groups is 1. The first kappa shape index (κ1) is 19.1. The standard InChI is InChI=1S/C18H16ClN3O4S/c19-12-7-5-11(6-8-12)18-17(14(21-22-18)9-10-16(23)24)13-3-1-2-4-15(13)27(20,25)26/h1-8H,9-10H2,(H,21,22)(H,23,24)(H2,20,25,26). The molecule has 1 aromatic heterocycles. The van der Waals surface area contributed by atoms with E-state index in [1.54, 1.807) is 42.5 Å². The van der Waals surface area contributed by atoms with E-state index >= 15 is 0 Å². The first-order valence-electron chi connectivity index (χ1n) is 7.94. The molecule has 0 atom stereocenters. The number of sulfonamides is 1. The fraction of sp³-hybridized carbons (Fsp3) is 0.111.